The van der Waals surface area contributed by atoms with Gasteiger partial charge in [-0.05, 0) is 99.9 Å². The summed E-state index contributed by atoms with van der Waals surface area (Å²) in [6.07, 6.45) is 2.27. The van der Waals surface area contributed by atoms with E-state index in [2.05, 4.69) is 10.6 Å². The quantitative estimate of drug-likeness (QED) is 0.420. The molecule has 222 valence electrons. The summed E-state index contributed by atoms with van der Waals surface area (Å²) in [6, 6.07) is 11.6. The van der Waals surface area contributed by atoms with Crippen LogP contribution < -0.4 is 10.6 Å². The molecule has 6 rings (SSSR count). The maximum absolute atomic E-state index is 13.5. The van der Waals surface area contributed by atoms with Gasteiger partial charge in [-0.25, -0.2) is 0 Å². The molecule has 2 aromatic rings. The highest BCUT2D eigenvalue weighted by Gasteiger charge is 2.76. The first-order valence-corrected chi connectivity index (χ1v) is 14.8. The number of carbonyl (C=O) groups is 4. The number of benzene rings is 2. The van der Waals surface area contributed by atoms with Gasteiger partial charge in [-0.1, -0.05) is 39.8 Å². The van der Waals surface area contributed by atoms with Crippen LogP contribution in [0.1, 0.15) is 78.4 Å². The highest BCUT2D eigenvalue weighted by molar-refractivity contribution is 6.05. The lowest BCUT2D eigenvalue weighted by atomic mass is 9.66. The van der Waals surface area contributed by atoms with Crippen molar-refractivity contribution in [3.05, 3.63) is 47.5 Å². The first-order chi connectivity index (χ1) is 19.5. The fourth-order valence-corrected chi connectivity index (χ4v) is 7.91. The summed E-state index contributed by atoms with van der Waals surface area (Å²) in [5.41, 5.74) is 0.102. The average Bonchev–Trinajstić information content (AvgIpc) is 3.39. The van der Waals surface area contributed by atoms with Gasteiger partial charge in [-0.2, -0.15) is 0 Å². The van der Waals surface area contributed by atoms with Crippen molar-refractivity contribution in [3.63, 3.8) is 0 Å². The molecule has 2 saturated carbocycles. The highest BCUT2D eigenvalue weighted by Crippen LogP contribution is 2.66. The number of ether oxygens (including phenoxy) is 2. The summed E-state index contributed by atoms with van der Waals surface area (Å²) in [5.74, 6) is -1.17. The van der Waals surface area contributed by atoms with Crippen molar-refractivity contribution in [2.45, 2.75) is 92.3 Å². The van der Waals surface area contributed by atoms with Crippen LogP contribution in [0.25, 0.3) is 11.1 Å². The monoisotopic (exact) mass is 572 g/mol. The minimum absolute atomic E-state index is 0.285. The lowest BCUT2D eigenvalue weighted by Gasteiger charge is -2.35. The summed E-state index contributed by atoms with van der Waals surface area (Å²) >= 11 is 0. The number of fused-ring (bicyclic) bond motifs is 4. The van der Waals surface area contributed by atoms with Gasteiger partial charge in [0.15, 0.2) is 11.2 Å². The number of nitrogens with one attached hydrogen (secondary N) is 2. The number of amides is 2. The Morgan fingerprint density at radius 1 is 0.619 bits per heavy atom. The molecule has 42 heavy (non-hydrogen) atoms. The Kier molecular flexibility index (Phi) is 5.72. The average molecular weight is 573 g/mol. The van der Waals surface area contributed by atoms with Crippen LogP contribution in [0.2, 0.25) is 0 Å². The molecule has 2 aromatic carbocycles. The summed E-state index contributed by atoms with van der Waals surface area (Å²) in [6.45, 7) is 15.4. The van der Waals surface area contributed by atoms with Crippen molar-refractivity contribution in [1.29, 1.82) is 0 Å². The zero-order valence-corrected chi connectivity index (χ0v) is 25.7. The Bertz CT molecular complexity index is 1470. The molecule has 4 bridgehead atoms. The van der Waals surface area contributed by atoms with Crippen LogP contribution in [-0.2, 0) is 28.7 Å². The van der Waals surface area contributed by atoms with Gasteiger partial charge in [0.05, 0.1) is 10.8 Å². The number of rotatable bonds is 5. The SMILES string of the molecule is Cc1cc(-c2ccc(NC(=O)[C@@]34CC[C@](C)(C(=O)O3)C4(C)C)c(C)c2)ccc1NC(=O)[C@]12CC[C@](C)(C(=O)O1)C2(C)C. The number of carbonyl (C=O) groups excluding carboxylic acids is 4. The Hall–Kier alpha value is -3.68. The fourth-order valence-electron chi connectivity index (χ4n) is 7.91. The van der Waals surface area contributed by atoms with E-state index in [9.17, 15) is 19.2 Å². The lowest BCUT2D eigenvalue weighted by molar-refractivity contribution is -0.166. The minimum atomic E-state index is -1.18. The second-order valence-electron chi connectivity index (χ2n) is 14.3. The van der Waals surface area contributed by atoms with E-state index in [0.29, 0.717) is 37.1 Å². The third-order valence-corrected chi connectivity index (χ3v) is 12.2. The molecule has 0 aromatic heterocycles. The van der Waals surface area contributed by atoms with Crippen LogP contribution >= 0.6 is 0 Å². The van der Waals surface area contributed by atoms with E-state index in [1.54, 1.807) is 0 Å². The van der Waals surface area contributed by atoms with Crippen LogP contribution in [-0.4, -0.2) is 35.0 Å². The zero-order valence-electron chi connectivity index (χ0n) is 25.7. The maximum Gasteiger partial charge on any atom is 0.313 e. The molecule has 2 aliphatic heterocycles. The standard InChI is InChI=1S/C34H40N2O6/c1-19-17-21(9-11-23(19)35-25(37)33-15-13-31(7,27(39)41-33)29(33,3)4)22-10-12-24(20(2)18-22)36-26(38)34-16-14-32(8,28(40)42-34)30(34,5)6/h9-12,17-18H,13-16H2,1-8H3,(H,35,37)(H,36,38)/t31-,32-,33-,34+/m1/s1. The Balaban J connectivity index is 1.19. The second-order valence-corrected chi connectivity index (χ2v) is 14.3. The highest BCUT2D eigenvalue weighted by atomic mass is 16.6. The number of hydrogen-bond donors (Lipinski definition) is 2. The molecule has 2 amide bonds. The van der Waals surface area contributed by atoms with E-state index in [1.165, 1.54) is 0 Å². The first-order valence-electron chi connectivity index (χ1n) is 14.8. The summed E-state index contributed by atoms with van der Waals surface area (Å²) in [5, 5.41) is 6.07. The molecule has 8 nitrogen and oxygen atoms in total. The van der Waals surface area contributed by atoms with Gasteiger partial charge < -0.3 is 20.1 Å². The largest absolute Gasteiger partial charge is 0.448 e. The van der Waals surface area contributed by atoms with Gasteiger partial charge in [-0.3, -0.25) is 19.2 Å². The minimum Gasteiger partial charge on any atom is -0.448 e. The zero-order chi connectivity index (χ0) is 30.7. The van der Waals surface area contributed by atoms with Crippen LogP contribution in [0.15, 0.2) is 36.4 Å². The summed E-state index contributed by atoms with van der Waals surface area (Å²) in [7, 11) is 0. The fraction of sp³-hybridized carbons (Fsp3) is 0.529. The van der Waals surface area contributed by atoms with Gasteiger partial charge in [0, 0.05) is 22.2 Å². The number of hydrogen-bond acceptors (Lipinski definition) is 6. The summed E-state index contributed by atoms with van der Waals surface area (Å²) in [4.78, 5) is 52.3. The molecule has 2 N–H and O–H groups in total. The number of aryl methyl sites for hydroxylation is 2. The second kappa shape index (κ2) is 8.45. The molecule has 2 heterocycles. The van der Waals surface area contributed by atoms with Crippen LogP contribution in [0.4, 0.5) is 11.4 Å². The smallest absolute Gasteiger partial charge is 0.313 e. The van der Waals surface area contributed by atoms with E-state index in [-0.39, 0.29) is 23.8 Å². The lowest BCUT2D eigenvalue weighted by Crippen LogP contribution is -2.50. The van der Waals surface area contributed by atoms with E-state index in [4.69, 9.17) is 9.47 Å². The predicted molar refractivity (Wildman–Crippen MR) is 159 cm³/mol. The van der Waals surface area contributed by atoms with Crippen molar-refractivity contribution in [1.82, 2.24) is 0 Å². The van der Waals surface area contributed by atoms with E-state index >= 15 is 0 Å². The Morgan fingerprint density at radius 2 is 0.976 bits per heavy atom. The molecule has 0 radical (unpaired) electrons. The predicted octanol–water partition coefficient (Wildman–Crippen LogP) is 6.09. The third-order valence-electron chi connectivity index (χ3n) is 12.2. The molecular weight excluding hydrogens is 532 g/mol. The molecule has 2 aliphatic carbocycles. The molecule has 4 aliphatic rings. The maximum atomic E-state index is 13.5. The van der Waals surface area contributed by atoms with Gasteiger partial charge >= 0.3 is 11.9 Å². The normalized spacial score (nSPS) is 33.3. The molecule has 0 spiro atoms. The molecule has 4 fully saturated rings. The van der Waals surface area contributed by atoms with Crippen LogP contribution in [0, 0.1) is 35.5 Å². The van der Waals surface area contributed by atoms with Crippen molar-refractivity contribution >= 4 is 35.1 Å². The number of esters is 2. The molecule has 0 unspecified atom stereocenters. The van der Waals surface area contributed by atoms with Crippen molar-refractivity contribution in [2.24, 2.45) is 21.7 Å². The molecule has 4 atom stereocenters. The van der Waals surface area contributed by atoms with E-state index in [1.807, 2.05) is 91.8 Å². The van der Waals surface area contributed by atoms with Gasteiger partial charge in [0.2, 0.25) is 0 Å². The first kappa shape index (κ1) is 28.4. The van der Waals surface area contributed by atoms with Crippen molar-refractivity contribution < 1.29 is 28.7 Å². The van der Waals surface area contributed by atoms with Crippen molar-refractivity contribution in [2.75, 3.05) is 10.6 Å². The van der Waals surface area contributed by atoms with Crippen molar-refractivity contribution in [3.8, 4) is 11.1 Å². The van der Waals surface area contributed by atoms with Gasteiger partial charge in [0.25, 0.3) is 11.8 Å². The Morgan fingerprint density at radius 3 is 1.24 bits per heavy atom. The van der Waals surface area contributed by atoms with E-state index < -0.39 is 32.9 Å². The van der Waals surface area contributed by atoms with Crippen LogP contribution in [0.5, 0.6) is 0 Å². The van der Waals surface area contributed by atoms with Gasteiger partial charge in [0.1, 0.15) is 0 Å². The molecule has 8 heteroatoms. The summed E-state index contributed by atoms with van der Waals surface area (Å²) < 4.78 is 11.5. The van der Waals surface area contributed by atoms with Crippen LogP contribution in [0.3, 0.4) is 0 Å². The topological polar surface area (TPSA) is 111 Å². The number of anilines is 2. The molecular formula is C34H40N2O6. The molecule has 2 saturated heterocycles. The van der Waals surface area contributed by atoms with E-state index in [0.717, 1.165) is 22.3 Å². The third kappa shape index (κ3) is 3.24. The van der Waals surface area contributed by atoms with Gasteiger partial charge in [-0.15, -0.1) is 0 Å². The Labute approximate surface area is 246 Å².